The topological polar surface area (TPSA) is 72.4 Å². The fraction of sp³-hybridized carbons (Fsp3) is 0.579. The van der Waals surface area contributed by atoms with Crippen LogP contribution in [0, 0.1) is 11.8 Å². The first kappa shape index (κ1) is 20.0. The lowest BCUT2D eigenvalue weighted by Gasteiger charge is -2.21. The van der Waals surface area contributed by atoms with Crippen LogP contribution >= 0.6 is 0 Å². The van der Waals surface area contributed by atoms with Crippen molar-refractivity contribution in [2.24, 2.45) is 16.8 Å². The van der Waals surface area contributed by atoms with Gasteiger partial charge < -0.3 is 24.4 Å². The summed E-state index contributed by atoms with van der Waals surface area (Å²) in [5.74, 6) is 1.60. The Labute approximate surface area is 155 Å². The van der Waals surface area contributed by atoms with Gasteiger partial charge in [-0.1, -0.05) is 19.1 Å². The van der Waals surface area contributed by atoms with Gasteiger partial charge in [0.2, 0.25) is 0 Å². The van der Waals surface area contributed by atoms with E-state index in [0.717, 1.165) is 23.8 Å². The van der Waals surface area contributed by atoms with E-state index in [1.165, 1.54) is 7.11 Å². The molecule has 0 amide bonds. The number of ether oxygens (including phenoxy) is 3. The molecule has 144 valence electrons. The summed E-state index contributed by atoms with van der Waals surface area (Å²) in [5, 5.41) is 3.36. The maximum Gasteiger partial charge on any atom is 0.310 e. The Morgan fingerprint density at radius 1 is 1.23 bits per heavy atom. The minimum Gasteiger partial charge on any atom is -0.491 e. The van der Waals surface area contributed by atoms with Crippen LogP contribution in [-0.4, -0.2) is 64.4 Å². The molecule has 0 saturated carbocycles. The molecule has 1 heterocycles. The van der Waals surface area contributed by atoms with Gasteiger partial charge in [-0.25, -0.2) is 0 Å². The number of hydrogen-bond donors (Lipinski definition) is 1. The van der Waals surface area contributed by atoms with Crippen molar-refractivity contribution in [1.29, 1.82) is 0 Å². The number of carbonyl (C=O) groups is 1. The summed E-state index contributed by atoms with van der Waals surface area (Å²) >= 11 is 0. The van der Waals surface area contributed by atoms with Crippen LogP contribution in [0.5, 0.6) is 5.75 Å². The molecule has 7 heteroatoms. The number of aliphatic imine (C=N–C) groups is 1. The van der Waals surface area contributed by atoms with Gasteiger partial charge in [-0.05, 0) is 23.6 Å². The SMILES string of the molecule is CN=C(NCc1ccc(OCCOC)cc1)N1CC(C)C(C(=O)OC)C1. The molecule has 2 rings (SSSR count). The fourth-order valence-electron chi connectivity index (χ4n) is 3.06. The summed E-state index contributed by atoms with van der Waals surface area (Å²) in [6.45, 7) is 5.23. The number of benzene rings is 1. The predicted molar refractivity (Wildman–Crippen MR) is 100 cm³/mol. The number of guanidine groups is 1. The van der Waals surface area contributed by atoms with Gasteiger partial charge in [0.05, 0.1) is 19.6 Å². The van der Waals surface area contributed by atoms with Gasteiger partial charge in [0.15, 0.2) is 5.96 Å². The molecular formula is C19H29N3O4. The first-order valence-corrected chi connectivity index (χ1v) is 8.83. The van der Waals surface area contributed by atoms with Crippen molar-refractivity contribution >= 4 is 11.9 Å². The van der Waals surface area contributed by atoms with Crippen LogP contribution in [0.2, 0.25) is 0 Å². The minimum absolute atomic E-state index is 0.109. The van der Waals surface area contributed by atoms with Crippen LogP contribution in [0.3, 0.4) is 0 Å². The highest BCUT2D eigenvalue weighted by Crippen LogP contribution is 2.24. The van der Waals surface area contributed by atoms with E-state index in [1.54, 1.807) is 14.2 Å². The lowest BCUT2D eigenvalue weighted by Crippen LogP contribution is -2.40. The number of carbonyl (C=O) groups excluding carboxylic acids is 1. The smallest absolute Gasteiger partial charge is 0.310 e. The van der Waals surface area contributed by atoms with Crippen molar-refractivity contribution in [1.82, 2.24) is 10.2 Å². The summed E-state index contributed by atoms with van der Waals surface area (Å²) in [6.07, 6.45) is 0. The highest BCUT2D eigenvalue weighted by atomic mass is 16.5. The molecule has 1 saturated heterocycles. The highest BCUT2D eigenvalue weighted by Gasteiger charge is 2.36. The third-order valence-corrected chi connectivity index (χ3v) is 4.56. The van der Waals surface area contributed by atoms with E-state index < -0.39 is 0 Å². The Bertz CT molecular complexity index is 603. The highest BCUT2D eigenvalue weighted by molar-refractivity contribution is 5.82. The van der Waals surface area contributed by atoms with Crippen LogP contribution in [0.25, 0.3) is 0 Å². The van der Waals surface area contributed by atoms with Crippen molar-refractivity contribution < 1.29 is 19.0 Å². The first-order valence-electron chi connectivity index (χ1n) is 8.83. The van der Waals surface area contributed by atoms with E-state index in [0.29, 0.717) is 26.3 Å². The summed E-state index contributed by atoms with van der Waals surface area (Å²) in [5.41, 5.74) is 1.13. The first-order chi connectivity index (χ1) is 12.6. The molecule has 0 spiro atoms. The molecule has 0 radical (unpaired) electrons. The molecule has 2 atom stereocenters. The second kappa shape index (κ2) is 10.0. The number of likely N-dealkylation sites (tertiary alicyclic amines) is 1. The molecule has 1 aliphatic rings. The second-order valence-corrected chi connectivity index (χ2v) is 6.40. The van der Waals surface area contributed by atoms with Crippen molar-refractivity contribution in [2.75, 3.05) is 47.6 Å². The van der Waals surface area contributed by atoms with E-state index in [9.17, 15) is 4.79 Å². The predicted octanol–water partition coefficient (Wildman–Crippen LogP) is 1.53. The monoisotopic (exact) mass is 363 g/mol. The number of nitrogens with one attached hydrogen (secondary N) is 1. The third-order valence-electron chi connectivity index (χ3n) is 4.56. The summed E-state index contributed by atoms with van der Waals surface area (Å²) in [6, 6.07) is 7.93. The van der Waals surface area contributed by atoms with Gasteiger partial charge in [0.1, 0.15) is 12.4 Å². The Kier molecular flexibility index (Phi) is 7.72. The molecule has 0 aromatic heterocycles. The maximum absolute atomic E-state index is 11.9. The van der Waals surface area contributed by atoms with E-state index in [2.05, 4.69) is 22.1 Å². The number of esters is 1. The van der Waals surface area contributed by atoms with Gasteiger partial charge in [-0.15, -0.1) is 0 Å². The molecule has 1 aromatic rings. The molecule has 1 N–H and O–H groups in total. The van der Waals surface area contributed by atoms with Crippen LogP contribution in [0.1, 0.15) is 12.5 Å². The average Bonchev–Trinajstić information content (AvgIpc) is 3.04. The number of nitrogens with zero attached hydrogens (tertiary/aromatic N) is 2. The molecule has 1 aromatic carbocycles. The Hall–Kier alpha value is -2.28. The maximum atomic E-state index is 11.9. The Balaban J connectivity index is 1.86. The quantitative estimate of drug-likeness (QED) is 0.343. The minimum atomic E-state index is -0.153. The molecule has 2 unspecified atom stereocenters. The van der Waals surface area contributed by atoms with Crippen LogP contribution in [0.4, 0.5) is 0 Å². The lowest BCUT2D eigenvalue weighted by molar-refractivity contribution is -0.145. The van der Waals surface area contributed by atoms with E-state index in [4.69, 9.17) is 14.2 Å². The molecule has 0 aliphatic carbocycles. The van der Waals surface area contributed by atoms with Crippen molar-refractivity contribution in [3.05, 3.63) is 29.8 Å². The Morgan fingerprint density at radius 3 is 2.58 bits per heavy atom. The summed E-state index contributed by atoms with van der Waals surface area (Å²) in [7, 11) is 4.85. The van der Waals surface area contributed by atoms with Crippen molar-refractivity contribution in [2.45, 2.75) is 13.5 Å². The van der Waals surface area contributed by atoms with Crippen LogP contribution in [0.15, 0.2) is 29.3 Å². The molecular weight excluding hydrogens is 334 g/mol. The largest absolute Gasteiger partial charge is 0.491 e. The van der Waals surface area contributed by atoms with Crippen LogP contribution in [-0.2, 0) is 20.8 Å². The fourth-order valence-corrected chi connectivity index (χ4v) is 3.06. The van der Waals surface area contributed by atoms with Gasteiger partial charge in [-0.3, -0.25) is 9.79 Å². The Morgan fingerprint density at radius 2 is 1.96 bits per heavy atom. The second-order valence-electron chi connectivity index (χ2n) is 6.40. The standard InChI is InChI=1S/C19H29N3O4/c1-14-12-22(13-17(14)18(23)25-4)19(20-2)21-11-15-5-7-16(8-6-15)26-10-9-24-3/h5-8,14,17H,9-13H2,1-4H3,(H,20,21). The van der Waals surface area contributed by atoms with Gasteiger partial charge >= 0.3 is 5.97 Å². The summed E-state index contributed by atoms with van der Waals surface area (Å²) in [4.78, 5) is 18.3. The zero-order valence-corrected chi connectivity index (χ0v) is 16.0. The lowest BCUT2D eigenvalue weighted by atomic mass is 9.99. The molecule has 1 aliphatic heterocycles. The van der Waals surface area contributed by atoms with Gasteiger partial charge in [0.25, 0.3) is 0 Å². The zero-order chi connectivity index (χ0) is 18.9. The normalized spacial score (nSPS) is 20.2. The van der Waals surface area contributed by atoms with Crippen molar-refractivity contribution in [3.8, 4) is 5.75 Å². The number of methoxy groups -OCH3 is 2. The number of hydrogen-bond acceptors (Lipinski definition) is 5. The zero-order valence-electron chi connectivity index (χ0n) is 16.0. The van der Waals surface area contributed by atoms with Crippen LogP contribution < -0.4 is 10.1 Å². The molecule has 7 nitrogen and oxygen atoms in total. The van der Waals surface area contributed by atoms with E-state index >= 15 is 0 Å². The molecule has 26 heavy (non-hydrogen) atoms. The number of rotatable bonds is 7. The third kappa shape index (κ3) is 5.36. The van der Waals surface area contributed by atoms with Crippen molar-refractivity contribution in [3.63, 3.8) is 0 Å². The molecule has 1 fully saturated rings. The summed E-state index contributed by atoms with van der Waals surface area (Å²) < 4.78 is 15.4. The molecule has 0 bridgehead atoms. The van der Waals surface area contributed by atoms with Gasteiger partial charge in [0, 0.05) is 33.8 Å². The van der Waals surface area contributed by atoms with Gasteiger partial charge in [-0.2, -0.15) is 0 Å². The van der Waals surface area contributed by atoms with E-state index in [-0.39, 0.29) is 17.8 Å². The average molecular weight is 363 g/mol. The van der Waals surface area contributed by atoms with E-state index in [1.807, 2.05) is 24.3 Å².